The van der Waals surface area contributed by atoms with Gasteiger partial charge in [0.1, 0.15) is 0 Å². The summed E-state index contributed by atoms with van der Waals surface area (Å²) in [6.07, 6.45) is 0. The van der Waals surface area contributed by atoms with E-state index in [9.17, 15) is 0 Å². The quantitative estimate of drug-likeness (QED) is 0.670. The number of benzene rings is 1. The van der Waals surface area contributed by atoms with Gasteiger partial charge < -0.3 is 4.57 Å². The van der Waals surface area contributed by atoms with Gasteiger partial charge in [-0.1, -0.05) is 29.8 Å². The van der Waals surface area contributed by atoms with Crippen molar-refractivity contribution in [2.24, 2.45) is 7.05 Å². The minimum atomic E-state index is 0.800. The Balaban J connectivity index is 2.60. The highest BCUT2D eigenvalue weighted by molar-refractivity contribution is 6.33. The second kappa shape index (κ2) is 3.50. The van der Waals surface area contributed by atoms with E-state index < -0.39 is 0 Å². The van der Waals surface area contributed by atoms with E-state index in [4.69, 9.17) is 11.6 Å². The summed E-state index contributed by atoms with van der Waals surface area (Å²) in [5, 5.41) is 0.800. The summed E-state index contributed by atoms with van der Waals surface area (Å²) in [6.45, 7) is 2.08. The lowest BCUT2D eigenvalue weighted by atomic mass is 10.1. The first-order valence-corrected chi connectivity index (χ1v) is 4.95. The molecular formula is C12H12ClN. The molecule has 0 amide bonds. The minimum Gasteiger partial charge on any atom is -0.348 e. The van der Waals surface area contributed by atoms with Crippen LogP contribution in [0.1, 0.15) is 5.69 Å². The van der Waals surface area contributed by atoms with Crippen molar-refractivity contribution in [2.45, 2.75) is 6.92 Å². The molecule has 1 aromatic carbocycles. The first-order chi connectivity index (χ1) is 6.70. The zero-order valence-electron chi connectivity index (χ0n) is 8.29. The summed E-state index contributed by atoms with van der Waals surface area (Å²) in [4.78, 5) is 0. The molecule has 0 fully saturated rings. The van der Waals surface area contributed by atoms with Gasteiger partial charge >= 0.3 is 0 Å². The van der Waals surface area contributed by atoms with Crippen LogP contribution in [0, 0.1) is 6.92 Å². The second-order valence-corrected chi connectivity index (χ2v) is 3.81. The van der Waals surface area contributed by atoms with E-state index >= 15 is 0 Å². The second-order valence-electron chi connectivity index (χ2n) is 3.40. The highest BCUT2D eigenvalue weighted by Gasteiger charge is 2.06. The summed E-state index contributed by atoms with van der Waals surface area (Å²) in [5.74, 6) is 0. The van der Waals surface area contributed by atoms with Crippen LogP contribution in [0.4, 0.5) is 0 Å². The van der Waals surface area contributed by atoms with Gasteiger partial charge in [-0.2, -0.15) is 0 Å². The molecule has 0 radical (unpaired) electrons. The largest absolute Gasteiger partial charge is 0.348 e. The van der Waals surface area contributed by atoms with Crippen molar-refractivity contribution in [3.8, 4) is 11.3 Å². The normalized spacial score (nSPS) is 10.5. The molecule has 0 aliphatic rings. The van der Waals surface area contributed by atoms with E-state index in [0.717, 1.165) is 16.3 Å². The zero-order valence-corrected chi connectivity index (χ0v) is 9.05. The zero-order chi connectivity index (χ0) is 10.1. The fourth-order valence-corrected chi connectivity index (χ4v) is 1.79. The number of hydrogen-bond donors (Lipinski definition) is 0. The Kier molecular flexibility index (Phi) is 2.34. The molecule has 0 saturated carbocycles. The molecule has 1 nitrogen and oxygen atoms in total. The van der Waals surface area contributed by atoms with Crippen molar-refractivity contribution >= 4 is 11.6 Å². The average molecular weight is 206 g/mol. The van der Waals surface area contributed by atoms with Crippen LogP contribution >= 0.6 is 11.6 Å². The SMILES string of the molecule is Cc1ccc(-c2ccccc2Cl)n1C. The fourth-order valence-electron chi connectivity index (χ4n) is 1.55. The molecule has 0 unspecified atom stereocenters. The summed E-state index contributed by atoms with van der Waals surface area (Å²) in [6, 6.07) is 12.1. The monoisotopic (exact) mass is 205 g/mol. The molecule has 0 bridgehead atoms. The van der Waals surface area contributed by atoms with E-state index in [0.29, 0.717) is 0 Å². The standard InChI is InChI=1S/C12H12ClN/c1-9-7-8-12(14(9)2)10-5-3-4-6-11(10)13/h3-8H,1-2H3. The summed E-state index contributed by atoms with van der Waals surface area (Å²) in [7, 11) is 2.05. The fraction of sp³-hybridized carbons (Fsp3) is 0.167. The van der Waals surface area contributed by atoms with Gasteiger partial charge in [0.15, 0.2) is 0 Å². The maximum absolute atomic E-state index is 6.13. The molecule has 1 aromatic heterocycles. The van der Waals surface area contributed by atoms with Crippen LogP contribution in [0.25, 0.3) is 11.3 Å². The molecule has 2 heteroatoms. The maximum Gasteiger partial charge on any atom is 0.0499 e. The van der Waals surface area contributed by atoms with Gasteiger partial charge in [0.2, 0.25) is 0 Å². The molecular weight excluding hydrogens is 194 g/mol. The predicted octanol–water partition coefficient (Wildman–Crippen LogP) is 3.65. The molecule has 0 aliphatic carbocycles. The van der Waals surface area contributed by atoms with Crippen LogP contribution in [0.3, 0.4) is 0 Å². The van der Waals surface area contributed by atoms with Crippen molar-refractivity contribution in [2.75, 3.05) is 0 Å². The lowest BCUT2D eigenvalue weighted by molar-refractivity contribution is 0.891. The Morgan fingerprint density at radius 2 is 1.79 bits per heavy atom. The van der Waals surface area contributed by atoms with Crippen molar-refractivity contribution in [3.63, 3.8) is 0 Å². The Morgan fingerprint density at radius 3 is 2.36 bits per heavy atom. The molecule has 0 saturated heterocycles. The highest BCUT2D eigenvalue weighted by Crippen LogP contribution is 2.28. The van der Waals surface area contributed by atoms with E-state index in [1.807, 2.05) is 31.3 Å². The van der Waals surface area contributed by atoms with Gasteiger partial charge in [-0.15, -0.1) is 0 Å². The number of hydrogen-bond acceptors (Lipinski definition) is 0. The molecule has 0 spiro atoms. The maximum atomic E-state index is 6.13. The number of nitrogens with zero attached hydrogens (tertiary/aromatic N) is 1. The van der Waals surface area contributed by atoms with Gasteiger partial charge in [0.25, 0.3) is 0 Å². The average Bonchev–Trinajstić information content (AvgIpc) is 2.49. The molecule has 1 heterocycles. The number of halogens is 1. The summed E-state index contributed by atoms with van der Waals surface area (Å²) >= 11 is 6.13. The van der Waals surface area contributed by atoms with Gasteiger partial charge in [0.05, 0.1) is 0 Å². The number of rotatable bonds is 1. The van der Waals surface area contributed by atoms with Gasteiger partial charge in [-0.05, 0) is 25.1 Å². The third kappa shape index (κ3) is 1.44. The van der Waals surface area contributed by atoms with Crippen molar-refractivity contribution < 1.29 is 0 Å². The van der Waals surface area contributed by atoms with Gasteiger partial charge in [-0.25, -0.2) is 0 Å². The minimum absolute atomic E-state index is 0.800. The van der Waals surface area contributed by atoms with Gasteiger partial charge in [0, 0.05) is 29.0 Å². The first-order valence-electron chi connectivity index (χ1n) is 4.57. The van der Waals surface area contributed by atoms with Crippen LogP contribution in [0.2, 0.25) is 5.02 Å². The highest BCUT2D eigenvalue weighted by atomic mass is 35.5. The van der Waals surface area contributed by atoms with E-state index in [1.54, 1.807) is 0 Å². The third-order valence-electron chi connectivity index (χ3n) is 2.52. The smallest absolute Gasteiger partial charge is 0.0499 e. The Hall–Kier alpha value is -1.21. The molecule has 0 aliphatic heterocycles. The summed E-state index contributed by atoms with van der Waals surface area (Å²) < 4.78 is 2.14. The van der Waals surface area contributed by atoms with Crippen LogP contribution in [0.5, 0.6) is 0 Å². The van der Waals surface area contributed by atoms with E-state index in [-0.39, 0.29) is 0 Å². The van der Waals surface area contributed by atoms with Crippen molar-refractivity contribution in [1.29, 1.82) is 0 Å². The van der Waals surface area contributed by atoms with Crippen LogP contribution < -0.4 is 0 Å². The molecule has 2 rings (SSSR count). The molecule has 14 heavy (non-hydrogen) atoms. The Labute approximate surface area is 88.9 Å². The third-order valence-corrected chi connectivity index (χ3v) is 2.85. The van der Waals surface area contributed by atoms with Gasteiger partial charge in [-0.3, -0.25) is 0 Å². The molecule has 0 N–H and O–H groups in total. The first kappa shape index (κ1) is 9.35. The number of aromatic nitrogens is 1. The molecule has 0 atom stereocenters. The predicted molar refractivity (Wildman–Crippen MR) is 60.6 cm³/mol. The Morgan fingerprint density at radius 1 is 1.07 bits per heavy atom. The van der Waals surface area contributed by atoms with E-state index in [1.165, 1.54) is 5.69 Å². The van der Waals surface area contributed by atoms with Crippen LogP contribution in [-0.2, 0) is 7.05 Å². The summed E-state index contributed by atoms with van der Waals surface area (Å²) in [5.41, 5.74) is 3.48. The topological polar surface area (TPSA) is 4.93 Å². The lowest BCUT2D eigenvalue weighted by Gasteiger charge is -2.06. The van der Waals surface area contributed by atoms with Crippen LogP contribution in [-0.4, -0.2) is 4.57 Å². The lowest BCUT2D eigenvalue weighted by Crippen LogP contribution is -1.93. The molecule has 2 aromatic rings. The molecule has 72 valence electrons. The van der Waals surface area contributed by atoms with E-state index in [2.05, 4.69) is 23.6 Å². The van der Waals surface area contributed by atoms with Crippen molar-refractivity contribution in [3.05, 3.63) is 47.1 Å². The number of aryl methyl sites for hydroxylation is 1. The van der Waals surface area contributed by atoms with Crippen molar-refractivity contribution in [1.82, 2.24) is 4.57 Å². The van der Waals surface area contributed by atoms with Crippen LogP contribution in [0.15, 0.2) is 36.4 Å². The Bertz CT molecular complexity index is 457.